The number of hydrogen-bond acceptors (Lipinski definition) is 4. The van der Waals surface area contributed by atoms with Crippen LogP contribution in [0.3, 0.4) is 0 Å². The van der Waals surface area contributed by atoms with E-state index in [2.05, 4.69) is 0 Å². The maximum atomic E-state index is 14.4. The smallest absolute Gasteiger partial charge is 0.180 e. The summed E-state index contributed by atoms with van der Waals surface area (Å²) in [5.41, 5.74) is 0.487. The lowest BCUT2D eigenvalue weighted by atomic mass is 9.63. The average Bonchev–Trinajstić information content (AvgIpc) is 3.29. The van der Waals surface area contributed by atoms with Gasteiger partial charge in [-0.05, 0) is 41.5 Å². The van der Waals surface area contributed by atoms with Crippen LogP contribution < -0.4 is 4.90 Å². The monoisotopic (exact) mass is 513 g/mol. The molecule has 4 nitrogen and oxygen atoms in total. The number of ketones is 3. The normalized spacial score (nSPS) is 23.3. The van der Waals surface area contributed by atoms with Crippen LogP contribution in [-0.2, 0) is 4.79 Å². The molecule has 3 aromatic carbocycles. The second-order valence-corrected chi connectivity index (χ2v) is 11.5. The molecule has 0 N–H and O–H groups in total. The van der Waals surface area contributed by atoms with E-state index >= 15 is 0 Å². The van der Waals surface area contributed by atoms with Crippen LogP contribution >= 0.6 is 11.6 Å². The van der Waals surface area contributed by atoms with Gasteiger partial charge in [-0.3, -0.25) is 14.4 Å². The Labute approximate surface area is 219 Å². The van der Waals surface area contributed by atoms with Crippen LogP contribution in [0.5, 0.6) is 0 Å². The highest BCUT2D eigenvalue weighted by Crippen LogP contribution is 2.61. The Kier molecular flexibility index (Phi) is 5.12. The zero-order chi connectivity index (χ0) is 26.3. The van der Waals surface area contributed by atoms with E-state index in [0.29, 0.717) is 21.7 Å². The van der Waals surface area contributed by atoms with Crippen molar-refractivity contribution in [3.63, 3.8) is 0 Å². The molecule has 1 fully saturated rings. The summed E-state index contributed by atoms with van der Waals surface area (Å²) in [7, 11) is 0. The summed E-state index contributed by atoms with van der Waals surface area (Å²) < 4.78 is 14.1. The van der Waals surface area contributed by atoms with E-state index in [1.807, 2.05) is 50.0 Å². The zero-order valence-corrected chi connectivity index (χ0v) is 21.4. The number of carbonyl (C=O) groups excluding carboxylic acids is 3. The molecule has 6 heteroatoms. The molecule has 0 aromatic heterocycles. The number of anilines is 1. The standard InChI is InChI=1S/C31H25ClFNO3/c1-30(2,3)29(37)26-25(17-8-12-20(33)13-9-17)31(27(35)21-6-4-5-7-22(21)28(31)36)24-15-10-18-16-19(32)11-14-23(18)34(24)26/h4-16,24-26H,1-3H3/t24-,25+,26+/m1/s1. The molecule has 3 aromatic rings. The molecule has 0 amide bonds. The molecule has 6 rings (SSSR count). The SMILES string of the molecule is CC(C)(C)C(=O)[C@@H]1[C@H](c2ccc(F)cc2)C2(C(=O)c3ccccc3C2=O)[C@H]2C=Cc3cc(Cl)ccc3N12. The highest BCUT2D eigenvalue weighted by atomic mass is 35.5. The van der Waals surface area contributed by atoms with Crippen LogP contribution in [0.1, 0.15) is 58.5 Å². The van der Waals surface area contributed by atoms with Gasteiger partial charge in [0.15, 0.2) is 17.3 Å². The first-order valence-electron chi connectivity index (χ1n) is 12.3. The maximum absolute atomic E-state index is 14.4. The Hall–Kier alpha value is -3.57. The fourth-order valence-corrected chi connectivity index (χ4v) is 6.62. The summed E-state index contributed by atoms with van der Waals surface area (Å²) in [5.74, 6) is -1.97. The molecule has 0 unspecified atom stereocenters. The van der Waals surface area contributed by atoms with Gasteiger partial charge in [-0.1, -0.05) is 80.9 Å². The van der Waals surface area contributed by atoms with Crippen molar-refractivity contribution in [2.75, 3.05) is 4.90 Å². The van der Waals surface area contributed by atoms with Gasteiger partial charge < -0.3 is 4.90 Å². The van der Waals surface area contributed by atoms with Crippen LogP contribution in [0, 0.1) is 16.6 Å². The minimum atomic E-state index is -1.58. The number of fused-ring (bicyclic) bond motifs is 5. The fourth-order valence-electron chi connectivity index (χ4n) is 6.43. The van der Waals surface area contributed by atoms with E-state index in [1.54, 1.807) is 42.5 Å². The first-order valence-corrected chi connectivity index (χ1v) is 12.7. The molecule has 2 heterocycles. The molecule has 0 bridgehead atoms. The van der Waals surface area contributed by atoms with Crippen LogP contribution in [0.25, 0.3) is 6.08 Å². The van der Waals surface area contributed by atoms with Gasteiger partial charge in [0.1, 0.15) is 11.2 Å². The average molecular weight is 514 g/mol. The highest BCUT2D eigenvalue weighted by Gasteiger charge is 2.71. The highest BCUT2D eigenvalue weighted by molar-refractivity contribution is 6.32. The molecule has 1 spiro atoms. The second kappa shape index (κ2) is 7.96. The van der Waals surface area contributed by atoms with Gasteiger partial charge in [-0.15, -0.1) is 0 Å². The Morgan fingerprint density at radius 2 is 1.57 bits per heavy atom. The molecule has 3 aliphatic rings. The molecule has 0 radical (unpaired) electrons. The summed E-state index contributed by atoms with van der Waals surface area (Å²) >= 11 is 6.30. The lowest BCUT2D eigenvalue weighted by Gasteiger charge is -2.38. The lowest BCUT2D eigenvalue weighted by molar-refractivity contribution is -0.127. The molecule has 186 valence electrons. The number of rotatable bonds is 2. The van der Waals surface area contributed by atoms with Crippen LogP contribution in [0.15, 0.2) is 72.8 Å². The van der Waals surface area contributed by atoms with Crippen molar-refractivity contribution < 1.29 is 18.8 Å². The first kappa shape index (κ1) is 23.8. The quantitative estimate of drug-likeness (QED) is 0.366. The minimum Gasteiger partial charge on any atom is -0.352 e. The molecule has 37 heavy (non-hydrogen) atoms. The van der Waals surface area contributed by atoms with E-state index in [1.165, 1.54) is 12.1 Å². The summed E-state index contributed by atoms with van der Waals surface area (Å²) in [6, 6.07) is 16.5. The Bertz CT molecular complexity index is 1480. The zero-order valence-electron chi connectivity index (χ0n) is 20.7. The number of nitrogens with zero attached hydrogens (tertiary/aromatic N) is 1. The van der Waals surface area contributed by atoms with Crippen molar-refractivity contribution in [2.24, 2.45) is 10.8 Å². The number of hydrogen-bond donors (Lipinski definition) is 0. The minimum absolute atomic E-state index is 0.101. The van der Waals surface area contributed by atoms with Crippen LogP contribution in [0.4, 0.5) is 10.1 Å². The van der Waals surface area contributed by atoms with Gasteiger partial charge in [0.25, 0.3) is 0 Å². The number of Topliss-reactive ketones (excluding diaryl/α,β-unsaturated/α-hetero) is 3. The van der Waals surface area contributed by atoms with E-state index < -0.39 is 34.6 Å². The summed E-state index contributed by atoms with van der Waals surface area (Å²) in [4.78, 5) is 45.1. The molecule has 0 saturated carbocycles. The maximum Gasteiger partial charge on any atom is 0.180 e. The van der Waals surface area contributed by atoms with Gasteiger partial charge in [0.05, 0.1) is 12.1 Å². The first-order chi connectivity index (χ1) is 17.6. The van der Waals surface area contributed by atoms with Crippen molar-refractivity contribution >= 4 is 40.7 Å². The van der Waals surface area contributed by atoms with Crippen LogP contribution in [-0.4, -0.2) is 29.4 Å². The van der Waals surface area contributed by atoms with Gasteiger partial charge in [0, 0.05) is 33.2 Å². The lowest BCUT2D eigenvalue weighted by Crippen LogP contribution is -2.49. The Morgan fingerprint density at radius 3 is 2.16 bits per heavy atom. The summed E-state index contributed by atoms with van der Waals surface area (Å²) in [5, 5.41) is 0.546. The molecular formula is C31H25ClFNO3. The number of halogens is 2. The molecule has 2 aliphatic heterocycles. The van der Waals surface area contributed by atoms with E-state index in [-0.39, 0.29) is 17.3 Å². The predicted octanol–water partition coefficient (Wildman–Crippen LogP) is 6.53. The molecule has 1 saturated heterocycles. The Balaban J connectivity index is 1.70. The van der Waals surface area contributed by atoms with Crippen molar-refractivity contribution in [1.82, 2.24) is 0 Å². The molecule has 3 atom stereocenters. The number of carbonyl (C=O) groups is 3. The van der Waals surface area contributed by atoms with Gasteiger partial charge >= 0.3 is 0 Å². The van der Waals surface area contributed by atoms with Crippen LogP contribution in [0.2, 0.25) is 5.02 Å². The van der Waals surface area contributed by atoms with Crippen molar-refractivity contribution in [3.8, 4) is 0 Å². The Morgan fingerprint density at radius 1 is 0.946 bits per heavy atom. The molecule has 1 aliphatic carbocycles. The third-order valence-electron chi connectivity index (χ3n) is 8.00. The fraction of sp³-hybridized carbons (Fsp3) is 0.258. The third kappa shape index (κ3) is 3.16. The van der Waals surface area contributed by atoms with Crippen molar-refractivity contribution in [3.05, 3.63) is 106 Å². The molecular weight excluding hydrogens is 489 g/mol. The van der Waals surface area contributed by atoms with Crippen molar-refractivity contribution in [2.45, 2.75) is 38.8 Å². The topological polar surface area (TPSA) is 54.5 Å². The van der Waals surface area contributed by atoms with E-state index in [0.717, 1.165) is 11.3 Å². The summed E-state index contributed by atoms with van der Waals surface area (Å²) in [6.45, 7) is 5.52. The largest absolute Gasteiger partial charge is 0.352 e. The van der Waals surface area contributed by atoms with Gasteiger partial charge in [-0.25, -0.2) is 4.39 Å². The van der Waals surface area contributed by atoms with Crippen molar-refractivity contribution in [1.29, 1.82) is 0 Å². The second-order valence-electron chi connectivity index (χ2n) is 11.1. The van der Waals surface area contributed by atoms with E-state index in [4.69, 9.17) is 11.6 Å². The third-order valence-corrected chi connectivity index (χ3v) is 8.24. The van der Waals surface area contributed by atoms with Gasteiger partial charge in [-0.2, -0.15) is 0 Å². The van der Waals surface area contributed by atoms with Gasteiger partial charge in [0.2, 0.25) is 0 Å². The predicted molar refractivity (Wildman–Crippen MR) is 142 cm³/mol. The summed E-state index contributed by atoms with van der Waals surface area (Å²) in [6.07, 6.45) is 3.73. The number of benzene rings is 3. The van der Waals surface area contributed by atoms with E-state index in [9.17, 15) is 18.8 Å².